The number of aromatic nitrogens is 4. The molecule has 0 radical (unpaired) electrons. The van der Waals surface area contributed by atoms with Crippen LogP contribution in [0.25, 0.3) is 78.7 Å². The molecule has 312 valence electrons. The van der Waals surface area contributed by atoms with Crippen molar-refractivity contribution in [2.75, 3.05) is 9.80 Å². The van der Waals surface area contributed by atoms with E-state index in [9.17, 15) is 0 Å². The Morgan fingerprint density at radius 3 is 1.02 bits per heavy atom. The van der Waals surface area contributed by atoms with Gasteiger partial charge in [-0.3, -0.25) is 0 Å². The molecule has 66 heavy (non-hydrogen) atoms. The van der Waals surface area contributed by atoms with E-state index in [-0.39, 0.29) is 0 Å². The van der Waals surface area contributed by atoms with Crippen molar-refractivity contribution < 1.29 is 8.83 Å². The van der Waals surface area contributed by atoms with Gasteiger partial charge in [-0.05, 0) is 121 Å². The lowest BCUT2D eigenvalue weighted by atomic mass is 9.98. The SMILES string of the molecule is c1ccc(N(c2ccc(-c3nc4ccccc4o3)cc2)c2ccccc2-c2nc3ccccc3nc2-c2ccccc2N(c2ccccc2)c2ccc(-c3nc4ccccc4o3)cc2)cc1. The lowest BCUT2D eigenvalue weighted by Crippen LogP contribution is -2.13. The predicted octanol–water partition coefficient (Wildman–Crippen LogP) is 15.5. The molecule has 0 N–H and O–H groups in total. The van der Waals surface area contributed by atoms with Crippen molar-refractivity contribution in [3.63, 3.8) is 0 Å². The van der Waals surface area contributed by atoms with E-state index in [1.165, 1.54) is 0 Å². The van der Waals surface area contributed by atoms with Crippen LogP contribution in [0.2, 0.25) is 0 Å². The van der Waals surface area contributed by atoms with E-state index in [0.29, 0.717) is 11.8 Å². The molecule has 0 saturated carbocycles. The number of rotatable bonds is 10. The molecule has 0 unspecified atom stereocenters. The summed E-state index contributed by atoms with van der Waals surface area (Å²) in [6.07, 6.45) is 0. The molecule has 0 bridgehead atoms. The average Bonchev–Trinajstić information content (AvgIpc) is 4.03. The van der Waals surface area contributed by atoms with E-state index in [1.54, 1.807) is 0 Å². The highest BCUT2D eigenvalue weighted by Crippen LogP contribution is 2.47. The van der Waals surface area contributed by atoms with Crippen molar-refractivity contribution in [2.24, 2.45) is 0 Å². The molecule has 12 aromatic rings. The molecule has 8 heteroatoms. The number of para-hydroxylation sites is 10. The zero-order chi connectivity index (χ0) is 43.8. The Kier molecular flexibility index (Phi) is 9.65. The highest BCUT2D eigenvalue weighted by atomic mass is 16.4. The van der Waals surface area contributed by atoms with Gasteiger partial charge in [0.25, 0.3) is 0 Å². The van der Waals surface area contributed by atoms with Gasteiger partial charge < -0.3 is 18.6 Å². The molecule has 0 atom stereocenters. The van der Waals surface area contributed by atoms with Crippen LogP contribution in [-0.4, -0.2) is 19.9 Å². The third kappa shape index (κ3) is 7.09. The number of benzene rings is 9. The largest absolute Gasteiger partial charge is 0.436 e. The normalized spacial score (nSPS) is 11.3. The zero-order valence-electron chi connectivity index (χ0n) is 35.4. The third-order valence-electron chi connectivity index (χ3n) is 11.7. The van der Waals surface area contributed by atoms with Crippen molar-refractivity contribution in [3.05, 3.63) is 231 Å². The highest BCUT2D eigenvalue weighted by Gasteiger charge is 2.25. The van der Waals surface area contributed by atoms with E-state index in [0.717, 1.165) is 101 Å². The van der Waals surface area contributed by atoms with Crippen LogP contribution in [0.4, 0.5) is 34.1 Å². The van der Waals surface area contributed by atoms with Crippen molar-refractivity contribution in [2.45, 2.75) is 0 Å². The van der Waals surface area contributed by atoms with Gasteiger partial charge in [0.05, 0.1) is 33.8 Å². The third-order valence-corrected chi connectivity index (χ3v) is 11.7. The van der Waals surface area contributed by atoms with Crippen LogP contribution in [-0.2, 0) is 0 Å². The van der Waals surface area contributed by atoms with E-state index in [1.807, 2.05) is 84.9 Å². The van der Waals surface area contributed by atoms with Gasteiger partial charge in [0.1, 0.15) is 11.0 Å². The average molecular weight is 851 g/mol. The number of nitrogens with zero attached hydrogens (tertiary/aromatic N) is 6. The van der Waals surface area contributed by atoms with E-state index in [2.05, 4.69) is 155 Å². The maximum atomic E-state index is 6.16. The summed E-state index contributed by atoms with van der Waals surface area (Å²) in [7, 11) is 0. The Labute approximate surface area is 380 Å². The fraction of sp³-hybridized carbons (Fsp3) is 0. The lowest BCUT2D eigenvalue weighted by Gasteiger charge is -2.29. The minimum atomic E-state index is 0.577. The molecule has 3 aromatic heterocycles. The van der Waals surface area contributed by atoms with Crippen LogP contribution in [0.15, 0.2) is 239 Å². The molecule has 8 nitrogen and oxygen atoms in total. The van der Waals surface area contributed by atoms with Gasteiger partial charge in [0.15, 0.2) is 11.2 Å². The minimum Gasteiger partial charge on any atom is -0.436 e. The molecule has 0 aliphatic carbocycles. The Bertz CT molecular complexity index is 3350. The quantitative estimate of drug-likeness (QED) is 0.135. The van der Waals surface area contributed by atoms with Crippen molar-refractivity contribution in [1.82, 2.24) is 19.9 Å². The van der Waals surface area contributed by atoms with Gasteiger partial charge in [-0.2, -0.15) is 0 Å². The Balaban J connectivity index is 1.01. The second-order valence-electron chi connectivity index (χ2n) is 15.9. The standard InChI is InChI=1S/C58H38N6O2/c1-3-17-41(18-4-1)63(43-35-31-39(32-36-43)57-61-49-25-11-15-29-53(49)65-57)51-27-13-7-21-45(51)55-56(60-48-24-10-9-23-47(48)59-55)46-22-8-14-28-52(46)64(42-19-5-2-6-20-42)44-37-33-40(34-38-44)58-62-50-26-12-16-30-54(50)66-58/h1-38H. The predicted molar refractivity (Wildman–Crippen MR) is 266 cm³/mol. The molecule has 0 fully saturated rings. The van der Waals surface area contributed by atoms with Crippen LogP contribution in [0.5, 0.6) is 0 Å². The van der Waals surface area contributed by atoms with Gasteiger partial charge in [0, 0.05) is 45.0 Å². The lowest BCUT2D eigenvalue weighted by molar-refractivity contribution is 0.619. The smallest absolute Gasteiger partial charge is 0.227 e. The summed E-state index contributed by atoms with van der Waals surface area (Å²) in [5.41, 5.74) is 15.7. The first-order chi connectivity index (χ1) is 32.7. The van der Waals surface area contributed by atoms with Crippen LogP contribution in [0, 0.1) is 0 Å². The Morgan fingerprint density at radius 2 is 0.606 bits per heavy atom. The maximum Gasteiger partial charge on any atom is 0.227 e. The molecule has 0 spiro atoms. The summed E-state index contributed by atoms with van der Waals surface area (Å²) in [6.45, 7) is 0. The number of oxazole rings is 2. The van der Waals surface area contributed by atoms with Gasteiger partial charge >= 0.3 is 0 Å². The van der Waals surface area contributed by atoms with Crippen molar-refractivity contribution in [3.8, 4) is 45.4 Å². The molecular weight excluding hydrogens is 813 g/mol. The number of anilines is 6. The summed E-state index contributed by atoms with van der Waals surface area (Å²) in [6, 6.07) is 78.2. The second-order valence-corrected chi connectivity index (χ2v) is 15.9. The molecule has 12 rings (SSSR count). The molecule has 0 aliphatic heterocycles. The summed E-state index contributed by atoms with van der Waals surface area (Å²) < 4.78 is 12.3. The first kappa shape index (κ1) is 38.5. The Hall–Kier alpha value is -9.14. The number of fused-ring (bicyclic) bond motifs is 3. The monoisotopic (exact) mass is 850 g/mol. The molecule has 3 heterocycles. The molecule has 0 saturated heterocycles. The summed E-state index contributed by atoms with van der Waals surface area (Å²) >= 11 is 0. The molecular formula is C58H38N6O2. The van der Waals surface area contributed by atoms with Gasteiger partial charge in [-0.25, -0.2) is 19.9 Å². The van der Waals surface area contributed by atoms with Crippen molar-refractivity contribution in [1.29, 1.82) is 0 Å². The second kappa shape index (κ2) is 16.5. The minimum absolute atomic E-state index is 0.577. The highest BCUT2D eigenvalue weighted by molar-refractivity contribution is 5.98. The van der Waals surface area contributed by atoms with Crippen LogP contribution < -0.4 is 9.80 Å². The number of hydrogen-bond donors (Lipinski definition) is 0. The van der Waals surface area contributed by atoms with Crippen LogP contribution in [0.3, 0.4) is 0 Å². The first-order valence-corrected chi connectivity index (χ1v) is 21.8. The first-order valence-electron chi connectivity index (χ1n) is 21.8. The Morgan fingerprint density at radius 1 is 0.273 bits per heavy atom. The van der Waals surface area contributed by atoms with Gasteiger partial charge in [0.2, 0.25) is 11.8 Å². The van der Waals surface area contributed by atoms with E-state index in [4.69, 9.17) is 28.8 Å². The topological polar surface area (TPSA) is 84.3 Å². The van der Waals surface area contributed by atoms with Gasteiger partial charge in [-0.1, -0.05) is 109 Å². The summed E-state index contributed by atoms with van der Waals surface area (Å²) in [5, 5.41) is 0. The van der Waals surface area contributed by atoms with E-state index >= 15 is 0 Å². The van der Waals surface area contributed by atoms with Crippen LogP contribution >= 0.6 is 0 Å². The molecule has 0 aliphatic rings. The summed E-state index contributed by atoms with van der Waals surface area (Å²) in [4.78, 5) is 25.1. The van der Waals surface area contributed by atoms with Crippen molar-refractivity contribution >= 4 is 67.4 Å². The summed E-state index contributed by atoms with van der Waals surface area (Å²) in [5.74, 6) is 1.15. The molecule has 0 amide bonds. The fourth-order valence-corrected chi connectivity index (χ4v) is 8.62. The van der Waals surface area contributed by atoms with Gasteiger partial charge in [-0.15, -0.1) is 0 Å². The number of hydrogen-bond acceptors (Lipinski definition) is 8. The zero-order valence-corrected chi connectivity index (χ0v) is 35.4. The van der Waals surface area contributed by atoms with E-state index < -0.39 is 0 Å². The van der Waals surface area contributed by atoms with Crippen LogP contribution in [0.1, 0.15) is 0 Å². The fourth-order valence-electron chi connectivity index (χ4n) is 8.62. The maximum absolute atomic E-state index is 6.16. The molecule has 9 aromatic carbocycles.